The number of nitrogens with one attached hydrogen (secondary N) is 1. The number of hydrogen-bond donors (Lipinski definition) is 1. The summed E-state index contributed by atoms with van der Waals surface area (Å²) in [6.07, 6.45) is 1.58. The highest BCUT2D eigenvalue weighted by molar-refractivity contribution is 9.10. The molecule has 0 spiro atoms. The van der Waals surface area contributed by atoms with Crippen LogP contribution < -0.4 is 10.1 Å². The first-order valence-corrected chi connectivity index (χ1v) is 12.1. The standard InChI is InChI=1S/C25H18BrCl3N2O3/c1-14-2-4-15(5-3-14)12-31-24(32)22(30-25(31)33)10-16-8-19(26)23(21(29)9-16)34-13-17-6-7-18(27)11-20(17)28/h2-11H,12-13H2,1H3,(H,30,33)/b22-10+. The first-order valence-electron chi connectivity index (χ1n) is 10.2. The van der Waals surface area contributed by atoms with Crippen LogP contribution in [-0.2, 0) is 17.9 Å². The molecule has 0 aromatic heterocycles. The zero-order valence-corrected chi connectivity index (χ0v) is 21.7. The maximum absolute atomic E-state index is 12.8. The van der Waals surface area contributed by atoms with E-state index in [2.05, 4.69) is 21.2 Å². The molecule has 1 heterocycles. The molecule has 0 atom stereocenters. The maximum atomic E-state index is 12.8. The van der Waals surface area contributed by atoms with Crippen LogP contribution in [0.5, 0.6) is 5.75 Å². The summed E-state index contributed by atoms with van der Waals surface area (Å²) in [7, 11) is 0. The van der Waals surface area contributed by atoms with Gasteiger partial charge in [-0.05, 0) is 64.3 Å². The first kappa shape index (κ1) is 24.6. The van der Waals surface area contributed by atoms with Gasteiger partial charge in [-0.3, -0.25) is 9.69 Å². The number of carbonyl (C=O) groups is 2. The third kappa shape index (κ3) is 5.58. The van der Waals surface area contributed by atoms with Crippen LogP contribution in [0.15, 0.2) is 64.8 Å². The fourth-order valence-electron chi connectivity index (χ4n) is 3.35. The molecule has 174 valence electrons. The van der Waals surface area contributed by atoms with Crippen molar-refractivity contribution in [1.82, 2.24) is 10.2 Å². The number of amides is 3. The average Bonchev–Trinajstić information content (AvgIpc) is 3.03. The fourth-order valence-corrected chi connectivity index (χ4v) is 4.80. The molecule has 3 aromatic carbocycles. The lowest BCUT2D eigenvalue weighted by Crippen LogP contribution is -2.30. The Bertz CT molecular complexity index is 1290. The Morgan fingerprint density at radius 1 is 1.00 bits per heavy atom. The van der Waals surface area contributed by atoms with Crippen LogP contribution in [-0.4, -0.2) is 16.8 Å². The van der Waals surface area contributed by atoms with Crippen LogP contribution in [0.1, 0.15) is 22.3 Å². The molecule has 0 aliphatic carbocycles. The Hall–Kier alpha value is -2.51. The molecule has 0 saturated carbocycles. The quantitative estimate of drug-likeness (QED) is 0.244. The molecule has 34 heavy (non-hydrogen) atoms. The van der Waals surface area contributed by atoms with Gasteiger partial charge in [-0.2, -0.15) is 0 Å². The van der Waals surface area contributed by atoms with Gasteiger partial charge in [0.25, 0.3) is 5.91 Å². The highest BCUT2D eigenvalue weighted by Crippen LogP contribution is 2.36. The third-order valence-electron chi connectivity index (χ3n) is 5.14. The second-order valence-electron chi connectivity index (χ2n) is 7.70. The Kier molecular flexibility index (Phi) is 7.53. The molecule has 5 nitrogen and oxygen atoms in total. The van der Waals surface area contributed by atoms with Crippen molar-refractivity contribution in [3.05, 3.63) is 102 Å². The molecule has 3 amide bonds. The van der Waals surface area contributed by atoms with Gasteiger partial charge in [-0.15, -0.1) is 0 Å². The molecule has 0 unspecified atom stereocenters. The van der Waals surface area contributed by atoms with E-state index in [0.717, 1.165) is 16.7 Å². The Balaban J connectivity index is 1.50. The van der Waals surface area contributed by atoms with Gasteiger partial charge < -0.3 is 10.1 Å². The van der Waals surface area contributed by atoms with Gasteiger partial charge in [0, 0.05) is 15.6 Å². The summed E-state index contributed by atoms with van der Waals surface area (Å²) < 4.78 is 6.45. The smallest absolute Gasteiger partial charge is 0.329 e. The van der Waals surface area contributed by atoms with Crippen molar-refractivity contribution in [1.29, 1.82) is 0 Å². The van der Waals surface area contributed by atoms with Crippen molar-refractivity contribution < 1.29 is 14.3 Å². The number of urea groups is 1. The lowest BCUT2D eigenvalue weighted by atomic mass is 10.1. The largest absolute Gasteiger partial charge is 0.486 e. The monoisotopic (exact) mass is 578 g/mol. The molecule has 3 aromatic rings. The van der Waals surface area contributed by atoms with E-state index in [1.54, 1.807) is 36.4 Å². The van der Waals surface area contributed by atoms with Gasteiger partial charge >= 0.3 is 6.03 Å². The number of benzene rings is 3. The Morgan fingerprint density at radius 2 is 1.74 bits per heavy atom. The molecule has 1 N–H and O–H groups in total. The summed E-state index contributed by atoms with van der Waals surface area (Å²) in [5.41, 5.74) is 3.51. The summed E-state index contributed by atoms with van der Waals surface area (Å²) in [5.74, 6) is 0.0214. The molecule has 1 saturated heterocycles. The summed E-state index contributed by atoms with van der Waals surface area (Å²) in [5, 5.41) is 3.99. The van der Waals surface area contributed by atoms with Gasteiger partial charge in [-0.1, -0.05) is 70.7 Å². The van der Waals surface area contributed by atoms with Crippen molar-refractivity contribution in [2.45, 2.75) is 20.1 Å². The van der Waals surface area contributed by atoms with E-state index in [0.29, 0.717) is 30.9 Å². The van der Waals surface area contributed by atoms with Crippen molar-refractivity contribution in [3.63, 3.8) is 0 Å². The molecule has 0 radical (unpaired) electrons. The lowest BCUT2D eigenvalue weighted by Gasteiger charge is -2.13. The van der Waals surface area contributed by atoms with Crippen LogP contribution in [0.2, 0.25) is 15.1 Å². The van der Waals surface area contributed by atoms with Crippen LogP contribution >= 0.6 is 50.7 Å². The second-order valence-corrected chi connectivity index (χ2v) is 9.81. The van der Waals surface area contributed by atoms with Gasteiger partial charge in [0.15, 0.2) is 5.75 Å². The number of aryl methyl sites for hydroxylation is 1. The molecule has 1 fully saturated rings. The summed E-state index contributed by atoms with van der Waals surface area (Å²) in [4.78, 5) is 26.4. The van der Waals surface area contributed by atoms with E-state index in [1.165, 1.54) is 4.90 Å². The van der Waals surface area contributed by atoms with Crippen molar-refractivity contribution >= 4 is 68.7 Å². The predicted octanol–water partition coefficient (Wildman–Crippen LogP) is 7.39. The van der Waals surface area contributed by atoms with Gasteiger partial charge in [0.2, 0.25) is 0 Å². The minimum atomic E-state index is -0.471. The van der Waals surface area contributed by atoms with E-state index < -0.39 is 11.9 Å². The van der Waals surface area contributed by atoms with Gasteiger partial charge in [0.05, 0.1) is 16.0 Å². The molecular formula is C25H18BrCl3N2O3. The van der Waals surface area contributed by atoms with E-state index in [1.807, 2.05) is 31.2 Å². The zero-order chi connectivity index (χ0) is 24.4. The normalized spacial score (nSPS) is 14.6. The van der Waals surface area contributed by atoms with Crippen LogP contribution in [0, 0.1) is 6.92 Å². The van der Waals surface area contributed by atoms with Crippen LogP contribution in [0.3, 0.4) is 0 Å². The predicted molar refractivity (Wildman–Crippen MR) is 138 cm³/mol. The maximum Gasteiger partial charge on any atom is 0.329 e. The van der Waals surface area contributed by atoms with Crippen molar-refractivity contribution in [2.75, 3.05) is 0 Å². The third-order valence-corrected chi connectivity index (χ3v) is 6.60. The fraction of sp³-hybridized carbons (Fsp3) is 0.120. The summed E-state index contributed by atoms with van der Waals surface area (Å²) >= 11 is 22.0. The van der Waals surface area contributed by atoms with E-state index in [-0.39, 0.29) is 18.8 Å². The number of hydrogen-bond acceptors (Lipinski definition) is 3. The summed E-state index contributed by atoms with van der Waals surface area (Å²) in [6.45, 7) is 2.36. The van der Waals surface area contributed by atoms with Crippen molar-refractivity contribution in [2.24, 2.45) is 0 Å². The minimum Gasteiger partial charge on any atom is -0.486 e. The molecule has 4 rings (SSSR count). The van der Waals surface area contributed by atoms with E-state index >= 15 is 0 Å². The van der Waals surface area contributed by atoms with Gasteiger partial charge in [-0.25, -0.2) is 4.79 Å². The Labute approximate surface area is 220 Å². The number of nitrogens with zero attached hydrogens (tertiary/aromatic N) is 1. The number of halogens is 4. The Morgan fingerprint density at radius 3 is 2.41 bits per heavy atom. The first-order chi connectivity index (χ1) is 16.2. The van der Waals surface area contributed by atoms with E-state index in [4.69, 9.17) is 39.5 Å². The highest BCUT2D eigenvalue weighted by atomic mass is 79.9. The highest BCUT2D eigenvalue weighted by Gasteiger charge is 2.33. The summed E-state index contributed by atoms with van der Waals surface area (Å²) in [6, 6.07) is 15.7. The number of rotatable bonds is 6. The second kappa shape index (κ2) is 10.4. The lowest BCUT2D eigenvalue weighted by molar-refractivity contribution is -0.123. The van der Waals surface area contributed by atoms with E-state index in [9.17, 15) is 9.59 Å². The number of imide groups is 1. The molecule has 1 aliphatic rings. The molecule has 9 heteroatoms. The van der Waals surface area contributed by atoms with Crippen molar-refractivity contribution in [3.8, 4) is 5.75 Å². The van der Waals surface area contributed by atoms with Crippen LogP contribution in [0.4, 0.5) is 4.79 Å². The molecule has 1 aliphatic heterocycles. The number of ether oxygens (including phenoxy) is 1. The SMILES string of the molecule is Cc1ccc(CN2C(=O)N/C(=C/c3cc(Cl)c(OCc4ccc(Cl)cc4Cl)c(Br)c3)C2=O)cc1. The average molecular weight is 581 g/mol. The molecule has 0 bridgehead atoms. The number of carbonyl (C=O) groups excluding carboxylic acids is 2. The molecular weight excluding hydrogens is 563 g/mol. The zero-order valence-electron chi connectivity index (χ0n) is 17.9. The van der Waals surface area contributed by atoms with Gasteiger partial charge in [0.1, 0.15) is 12.3 Å². The minimum absolute atomic E-state index is 0.168. The van der Waals surface area contributed by atoms with Crippen LogP contribution in [0.25, 0.3) is 6.08 Å². The topological polar surface area (TPSA) is 58.6 Å².